The lowest BCUT2D eigenvalue weighted by Crippen LogP contribution is -2.71. The molecule has 0 amide bonds. The summed E-state index contributed by atoms with van der Waals surface area (Å²) in [7, 11) is 0. The minimum atomic E-state index is -2.26. The molecule has 192 valence electrons. The Morgan fingerprint density at radius 2 is 1.54 bits per heavy atom. The van der Waals surface area contributed by atoms with Crippen LogP contribution in [-0.2, 0) is 9.59 Å². The molecule has 5 heteroatoms. The number of aliphatic carboxylic acids is 2. The molecule has 3 N–H and O–H groups in total. The smallest absolute Gasteiger partial charge is 0.336 e. The summed E-state index contributed by atoms with van der Waals surface area (Å²) in [6, 6.07) is 0. The molecule has 0 aliphatic heterocycles. The molecule has 0 radical (unpaired) electrons. The lowest BCUT2D eigenvalue weighted by Gasteiger charge is -2.71. The van der Waals surface area contributed by atoms with Crippen molar-refractivity contribution >= 4 is 11.9 Å². The summed E-state index contributed by atoms with van der Waals surface area (Å²) in [4.78, 5) is 25.0. The minimum absolute atomic E-state index is 0.0267. The Kier molecular flexibility index (Phi) is 5.04. The molecular weight excluding hydrogens is 440 g/mol. The molecule has 3 fully saturated rings. The van der Waals surface area contributed by atoms with Crippen molar-refractivity contribution in [3.05, 3.63) is 35.5 Å². The molecule has 5 aliphatic carbocycles. The van der Waals surface area contributed by atoms with Gasteiger partial charge in [0.2, 0.25) is 0 Å². The van der Waals surface area contributed by atoms with Crippen LogP contribution in [0.2, 0.25) is 0 Å². The van der Waals surface area contributed by atoms with Gasteiger partial charge in [0.25, 0.3) is 0 Å². The molecule has 0 heterocycles. The molecule has 9 atom stereocenters. The van der Waals surface area contributed by atoms with Crippen LogP contribution in [0.15, 0.2) is 35.5 Å². The summed E-state index contributed by atoms with van der Waals surface area (Å²) in [5.41, 5.74) is -1.37. The Balaban J connectivity index is 1.63. The monoisotopic (exact) mass is 482 g/mol. The minimum Gasteiger partial charge on any atom is -0.481 e. The standard InChI is InChI=1S/C30H42O5/c1-18-8-7-12-25(2)14-15-26(3)19(22(18)25)11-13-27(4)20(26)9-10-21-28(27,5)16-17-30(35,24(33)34)29(21,6)23(31)32/h7-8,11-12,20-22,35H,9-10,13-17H2,1-6H3,(H,31,32)(H,33,34). The Morgan fingerprint density at radius 3 is 2.17 bits per heavy atom. The zero-order valence-electron chi connectivity index (χ0n) is 22.1. The van der Waals surface area contributed by atoms with Crippen LogP contribution >= 0.6 is 0 Å². The number of carboxylic acids is 2. The van der Waals surface area contributed by atoms with E-state index in [1.807, 2.05) is 0 Å². The van der Waals surface area contributed by atoms with Gasteiger partial charge in [0, 0.05) is 5.92 Å². The van der Waals surface area contributed by atoms with E-state index in [2.05, 4.69) is 58.9 Å². The van der Waals surface area contributed by atoms with Crippen LogP contribution in [0.1, 0.15) is 86.5 Å². The van der Waals surface area contributed by atoms with Crippen LogP contribution in [-0.4, -0.2) is 32.9 Å². The van der Waals surface area contributed by atoms with Crippen LogP contribution in [0.5, 0.6) is 0 Å². The van der Waals surface area contributed by atoms with Crippen molar-refractivity contribution in [2.75, 3.05) is 0 Å². The zero-order valence-corrected chi connectivity index (χ0v) is 22.1. The summed E-state index contributed by atoms with van der Waals surface area (Å²) < 4.78 is 0. The van der Waals surface area contributed by atoms with Gasteiger partial charge in [0.15, 0.2) is 5.60 Å². The molecule has 0 aromatic carbocycles. The van der Waals surface area contributed by atoms with E-state index in [0.717, 1.165) is 25.7 Å². The third kappa shape index (κ3) is 2.69. The van der Waals surface area contributed by atoms with Crippen LogP contribution in [0, 0.1) is 44.8 Å². The van der Waals surface area contributed by atoms with Gasteiger partial charge in [-0.25, -0.2) is 4.79 Å². The number of hydrogen-bond donors (Lipinski definition) is 3. The first-order chi connectivity index (χ1) is 16.1. The maximum atomic E-state index is 12.7. The van der Waals surface area contributed by atoms with Gasteiger partial charge in [-0.1, -0.05) is 63.1 Å². The summed E-state index contributed by atoms with van der Waals surface area (Å²) >= 11 is 0. The van der Waals surface area contributed by atoms with Gasteiger partial charge in [0.1, 0.15) is 5.41 Å². The average molecular weight is 483 g/mol. The van der Waals surface area contributed by atoms with Crippen LogP contribution in [0.3, 0.4) is 0 Å². The van der Waals surface area contributed by atoms with Crippen LogP contribution < -0.4 is 0 Å². The maximum absolute atomic E-state index is 12.7. The lowest BCUT2D eigenvalue weighted by molar-refractivity contribution is -0.251. The highest BCUT2D eigenvalue weighted by Gasteiger charge is 2.74. The van der Waals surface area contributed by atoms with Crippen molar-refractivity contribution in [3.63, 3.8) is 0 Å². The van der Waals surface area contributed by atoms with Crippen molar-refractivity contribution in [2.24, 2.45) is 44.8 Å². The van der Waals surface area contributed by atoms with Crippen molar-refractivity contribution in [3.8, 4) is 0 Å². The maximum Gasteiger partial charge on any atom is 0.336 e. The van der Waals surface area contributed by atoms with Crippen LogP contribution in [0.4, 0.5) is 0 Å². The lowest BCUT2D eigenvalue weighted by atomic mass is 9.33. The number of allylic oxidation sites excluding steroid dienone is 6. The highest BCUT2D eigenvalue weighted by Crippen LogP contribution is 2.75. The van der Waals surface area contributed by atoms with Gasteiger partial charge in [-0.05, 0) is 92.3 Å². The van der Waals surface area contributed by atoms with Gasteiger partial charge >= 0.3 is 11.9 Å². The van der Waals surface area contributed by atoms with Crippen molar-refractivity contribution in [1.82, 2.24) is 0 Å². The van der Waals surface area contributed by atoms with Crippen molar-refractivity contribution in [2.45, 2.75) is 92.1 Å². The SMILES string of the molecule is CC1=CC=CC2(C)CCC3(C)C(=CCC4(C)C3CCC3C4(C)CCC(O)(C(=O)O)C3(C)C(=O)O)C12. The fraction of sp³-hybridized carbons (Fsp3) is 0.733. The number of carbonyl (C=O) groups is 2. The fourth-order valence-corrected chi connectivity index (χ4v) is 10.2. The van der Waals surface area contributed by atoms with E-state index >= 15 is 0 Å². The van der Waals surface area contributed by atoms with Gasteiger partial charge < -0.3 is 15.3 Å². The third-order valence-electron chi connectivity index (χ3n) is 12.6. The number of hydrogen-bond acceptors (Lipinski definition) is 3. The molecule has 9 unspecified atom stereocenters. The topological polar surface area (TPSA) is 94.8 Å². The quantitative estimate of drug-likeness (QED) is 0.420. The molecule has 5 aliphatic rings. The average Bonchev–Trinajstić information content (AvgIpc) is 2.77. The van der Waals surface area contributed by atoms with Gasteiger partial charge in [-0.2, -0.15) is 0 Å². The Hall–Kier alpha value is -1.88. The molecular formula is C30H42O5. The summed E-state index contributed by atoms with van der Waals surface area (Å²) in [5, 5.41) is 31.7. The first-order valence-electron chi connectivity index (χ1n) is 13.4. The molecule has 3 saturated carbocycles. The third-order valence-corrected chi connectivity index (χ3v) is 12.6. The van der Waals surface area contributed by atoms with Gasteiger partial charge in [-0.15, -0.1) is 0 Å². The summed E-state index contributed by atoms with van der Waals surface area (Å²) in [5.74, 6) is -2.20. The number of fused-ring (bicyclic) bond motifs is 7. The highest BCUT2D eigenvalue weighted by molar-refractivity contribution is 5.89. The van der Waals surface area contributed by atoms with E-state index in [9.17, 15) is 24.9 Å². The van der Waals surface area contributed by atoms with E-state index in [1.165, 1.54) is 12.5 Å². The molecule has 5 nitrogen and oxygen atoms in total. The largest absolute Gasteiger partial charge is 0.481 e. The number of aliphatic hydroxyl groups is 1. The fourth-order valence-electron chi connectivity index (χ4n) is 10.2. The number of rotatable bonds is 2. The molecule has 5 rings (SSSR count). The molecule has 0 spiro atoms. The zero-order chi connectivity index (χ0) is 25.8. The predicted octanol–water partition coefficient (Wildman–Crippen LogP) is 5.99. The van der Waals surface area contributed by atoms with E-state index in [1.54, 1.807) is 5.57 Å². The van der Waals surface area contributed by atoms with E-state index in [0.29, 0.717) is 24.7 Å². The predicted molar refractivity (Wildman–Crippen MR) is 135 cm³/mol. The Labute approximate surface area is 209 Å². The molecule has 35 heavy (non-hydrogen) atoms. The highest BCUT2D eigenvalue weighted by atomic mass is 16.4. The van der Waals surface area contributed by atoms with Crippen molar-refractivity contribution < 1.29 is 24.9 Å². The summed E-state index contributed by atoms with van der Waals surface area (Å²) in [6.45, 7) is 13.1. The first-order valence-corrected chi connectivity index (χ1v) is 13.4. The molecule has 0 aromatic heterocycles. The second kappa shape index (κ2) is 7.12. The van der Waals surface area contributed by atoms with Crippen molar-refractivity contribution in [1.29, 1.82) is 0 Å². The van der Waals surface area contributed by atoms with E-state index in [-0.39, 0.29) is 28.1 Å². The van der Waals surface area contributed by atoms with E-state index < -0.39 is 28.9 Å². The molecule has 0 bridgehead atoms. The van der Waals surface area contributed by atoms with E-state index in [4.69, 9.17) is 0 Å². The number of carboxylic acid groups (broad SMARTS) is 2. The Bertz CT molecular complexity index is 1090. The van der Waals surface area contributed by atoms with Gasteiger partial charge in [-0.3, -0.25) is 4.79 Å². The Morgan fingerprint density at radius 1 is 0.886 bits per heavy atom. The van der Waals surface area contributed by atoms with Crippen LogP contribution in [0.25, 0.3) is 0 Å². The molecule has 0 aromatic rings. The van der Waals surface area contributed by atoms with Gasteiger partial charge in [0.05, 0.1) is 0 Å². The first kappa shape index (κ1) is 24.8. The summed E-state index contributed by atoms with van der Waals surface area (Å²) in [6.07, 6.45) is 14.5. The molecule has 0 saturated heterocycles. The second-order valence-electron chi connectivity index (χ2n) is 13.7. The normalized spacial score (nSPS) is 52.7. The second-order valence-corrected chi connectivity index (χ2v) is 13.7.